The molecule has 0 atom stereocenters. The van der Waals surface area contributed by atoms with Gasteiger partial charge in [-0.05, 0) is 19.3 Å². The molecule has 1 aliphatic carbocycles. The fourth-order valence-corrected chi connectivity index (χ4v) is 1.97. The van der Waals surface area contributed by atoms with E-state index < -0.39 is 0 Å². The van der Waals surface area contributed by atoms with Crippen LogP contribution < -0.4 is 11.1 Å². The largest absolute Gasteiger partial charge is 0.353 e. The molecule has 0 radical (unpaired) electrons. The smallest absolute Gasteiger partial charge is 0.220 e. The lowest BCUT2D eigenvalue weighted by molar-refractivity contribution is -0.122. The van der Waals surface area contributed by atoms with Gasteiger partial charge in [0.2, 0.25) is 5.91 Å². The molecule has 1 aliphatic rings. The monoisotopic (exact) mass is 212 g/mol. The number of hydrogen-bond donors (Lipinski definition) is 2. The van der Waals surface area contributed by atoms with Crippen LogP contribution in [0, 0.1) is 0 Å². The summed E-state index contributed by atoms with van der Waals surface area (Å²) < 4.78 is 0. The van der Waals surface area contributed by atoms with Gasteiger partial charge in [0.05, 0.1) is 0 Å². The summed E-state index contributed by atoms with van der Waals surface area (Å²) in [5.74, 6) is 0.211. The van der Waals surface area contributed by atoms with Crippen LogP contribution in [-0.2, 0) is 4.79 Å². The molecule has 0 heterocycles. The zero-order chi connectivity index (χ0) is 11.1. The molecule has 0 aromatic rings. The van der Waals surface area contributed by atoms with Crippen molar-refractivity contribution in [2.75, 3.05) is 0 Å². The van der Waals surface area contributed by atoms with Gasteiger partial charge in [-0.3, -0.25) is 4.79 Å². The van der Waals surface area contributed by atoms with E-state index in [1.54, 1.807) is 0 Å². The predicted octanol–water partition coefficient (Wildman–Crippen LogP) is 1.95. The minimum Gasteiger partial charge on any atom is -0.353 e. The molecule has 3 heteroatoms. The second-order valence-corrected chi connectivity index (χ2v) is 4.66. The molecule has 1 saturated carbocycles. The van der Waals surface area contributed by atoms with E-state index >= 15 is 0 Å². The van der Waals surface area contributed by atoms with E-state index in [0.29, 0.717) is 18.5 Å². The number of unbranched alkanes of at least 4 members (excludes halogenated alkanes) is 4. The zero-order valence-corrected chi connectivity index (χ0v) is 9.80. The summed E-state index contributed by atoms with van der Waals surface area (Å²) in [5.41, 5.74) is 5.65. The van der Waals surface area contributed by atoms with E-state index in [0.717, 1.165) is 19.3 Å². The van der Waals surface area contributed by atoms with Crippen LogP contribution >= 0.6 is 0 Å². The molecule has 15 heavy (non-hydrogen) atoms. The van der Waals surface area contributed by atoms with E-state index in [-0.39, 0.29) is 5.91 Å². The second kappa shape index (κ2) is 6.83. The van der Waals surface area contributed by atoms with Crippen molar-refractivity contribution in [2.45, 2.75) is 70.4 Å². The number of hydrogen-bond acceptors (Lipinski definition) is 2. The summed E-state index contributed by atoms with van der Waals surface area (Å²) >= 11 is 0. The van der Waals surface area contributed by atoms with Gasteiger partial charge in [0.1, 0.15) is 0 Å². The highest BCUT2D eigenvalue weighted by Crippen LogP contribution is 2.17. The van der Waals surface area contributed by atoms with Gasteiger partial charge in [0.25, 0.3) is 0 Å². The van der Waals surface area contributed by atoms with E-state index in [4.69, 9.17) is 5.73 Å². The molecule has 0 aromatic carbocycles. The van der Waals surface area contributed by atoms with Crippen molar-refractivity contribution in [1.29, 1.82) is 0 Å². The van der Waals surface area contributed by atoms with Crippen LogP contribution in [0.1, 0.15) is 58.3 Å². The van der Waals surface area contributed by atoms with Crippen molar-refractivity contribution in [3.05, 3.63) is 0 Å². The van der Waals surface area contributed by atoms with Gasteiger partial charge in [-0.25, -0.2) is 0 Å². The maximum Gasteiger partial charge on any atom is 0.220 e. The van der Waals surface area contributed by atoms with Gasteiger partial charge in [0, 0.05) is 18.5 Å². The van der Waals surface area contributed by atoms with Gasteiger partial charge in [-0.1, -0.05) is 32.6 Å². The Morgan fingerprint density at radius 3 is 2.53 bits per heavy atom. The van der Waals surface area contributed by atoms with Gasteiger partial charge in [-0.15, -0.1) is 0 Å². The molecular weight excluding hydrogens is 188 g/mol. The van der Waals surface area contributed by atoms with Gasteiger partial charge in [-0.2, -0.15) is 0 Å². The normalized spacial score (nSPS) is 24.7. The summed E-state index contributed by atoms with van der Waals surface area (Å²) in [6.45, 7) is 2.20. The molecule has 0 spiro atoms. The third-order valence-electron chi connectivity index (χ3n) is 3.05. The first-order valence-corrected chi connectivity index (χ1v) is 6.27. The number of nitrogens with two attached hydrogens (primary N) is 1. The van der Waals surface area contributed by atoms with Crippen molar-refractivity contribution < 1.29 is 4.79 Å². The Kier molecular flexibility index (Phi) is 5.69. The van der Waals surface area contributed by atoms with Crippen LogP contribution in [0.15, 0.2) is 0 Å². The Balaban J connectivity index is 1.90. The third kappa shape index (κ3) is 5.17. The number of amides is 1. The predicted molar refractivity (Wildman–Crippen MR) is 62.5 cm³/mol. The van der Waals surface area contributed by atoms with Crippen molar-refractivity contribution >= 4 is 5.91 Å². The molecule has 88 valence electrons. The molecule has 3 N–H and O–H groups in total. The highest BCUT2D eigenvalue weighted by molar-refractivity contribution is 5.76. The quantitative estimate of drug-likeness (QED) is 0.634. The third-order valence-corrected chi connectivity index (χ3v) is 3.05. The summed E-state index contributed by atoms with van der Waals surface area (Å²) in [4.78, 5) is 11.4. The Labute approximate surface area is 92.8 Å². The maximum absolute atomic E-state index is 11.4. The topological polar surface area (TPSA) is 55.1 Å². The number of carbonyl (C=O) groups is 1. The molecule has 0 bridgehead atoms. The Hall–Kier alpha value is -0.570. The van der Waals surface area contributed by atoms with Crippen LogP contribution in [0.25, 0.3) is 0 Å². The summed E-state index contributed by atoms with van der Waals surface area (Å²) in [6.07, 6.45) is 8.64. The SMILES string of the molecule is CCCCCCCC(=O)NC1CC(N)C1. The van der Waals surface area contributed by atoms with Crippen molar-refractivity contribution in [3.8, 4) is 0 Å². The van der Waals surface area contributed by atoms with Gasteiger partial charge in [0.15, 0.2) is 0 Å². The lowest BCUT2D eigenvalue weighted by atomic mass is 9.87. The number of rotatable bonds is 7. The summed E-state index contributed by atoms with van der Waals surface area (Å²) in [7, 11) is 0. The first kappa shape index (κ1) is 12.5. The molecule has 1 rings (SSSR count). The number of nitrogens with one attached hydrogen (secondary N) is 1. The van der Waals surface area contributed by atoms with Gasteiger partial charge < -0.3 is 11.1 Å². The van der Waals surface area contributed by atoms with Gasteiger partial charge >= 0.3 is 0 Å². The van der Waals surface area contributed by atoms with Crippen molar-refractivity contribution in [1.82, 2.24) is 5.32 Å². The van der Waals surface area contributed by atoms with Crippen molar-refractivity contribution in [3.63, 3.8) is 0 Å². The molecule has 1 amide bonds. The first-order chi connectivity index (χ1) is 7.22. The number of carbonyl (C=O) groups excluding carboxylic acids is 1. The Morgan fingerprint density at radius 2 is 1.93 bits per heavy atom. The summed E-state index contributed by atoms with van der Waals surface area (Å²) in [6, 6.07) is 0.683. The molecule has 0 aromatic heterocycles. The average molecular weight is 212 g/mol. The molecular formula is C12H24N2O. The van der Waals surface area contributed by atoms with Crippen LogP contribution in [0.2, 0.25) is 0 Å². The lowest BCUT2D eigenvalue weighted by Crippen LogP contribution is -2.50. The van der Waals surface area contributed by atoms with E-state index in [9.17, 15) is 4.79 Å². The van der Waals surface area contributed by atoms with Crippen LogP contribution in [-0.4, -0.2) is 18.0 Å². The highest BCUT2D eigenvalue weighted by Gasteiger charge is 2.26. The maximum atomic E-state index is 11.4. The Bertz CT molecular complexity index is 188. The standard InChI is InChI=1S/C12H24N2O/c1-2-3-4-5-6-7-12(15)14-11-8-10(13)9-11/h10-11H,2-9,13H2,1H3,(H,14,15). The molecule has 0 aliphatic heterocycles. The first-order valence-electron chi connectivity index (χ1n) is 6.27. The molecule has 0 unspecified atom stereocenters. The van der Waals surface area contributed by atoms with Crippen LogP contribution in [0.3, 0.4) is 0 Å². The minimum absolute atomic E-state index is 0.211. The van der Waals surface area contributed by atoms with E-state index in [2.05, 4.69) is 12.2 Å². The fraction of sp³-hybridized carbons (Fsp3) is 0.917. The van der Waals surface area contributed by atoms with Crippen LogP contribution in [0.5, 0.6) is 0 Å². The zero-order valence-electron chi connectivity index (χ0n) is 9.80. The minimum atomic E-state index is 0.211. The molecule has 3 nitrogen and oxygen atoms in total. The second-order valence-electron chi connectivity index (χ2n) is 4.66. The van der Waals surface area contributed by atoms with Crippen LogP contribution in [0.4, 0.5) is 0 Å². The lowest BCUT2D eigenvalue weighted by Gasteiger charge is -2.32. The molecule has 0 saturated heterocycles. The van der Waals surface area contributed by atoms with E-state index in [1.807, 2.05) is 0 Å². The van der Waals surface area contributed by atoms with Crippen molar-refractivity contribution in [2.24, 2.45) is 5.73 Å². The molecule has 1 fully saturated rings. The summed E-state index contributed by atoms with van der Waals surface area (Å²) in [5, 5.41) is 3.02. The average Bonchev–Trinajstić information content (AvgIpc) is 2.15. The Morgan fingerprint density at radius 1 is 1.27 bits per heavy atom. The van der Waals surface area contributed by atoms with E-state index in [1.165, 1.54) is 25.7 Å². The fourth-order valence-electron chi connectivity index (χ4n) is 1.97. The highest BCUT2D eigenvalue weighted by atomic mass is 16.1.